The van der Waals surface area contributed by atoms with Crippen molar-refractivity contribution in [1.29, 1.82) is 0 Å². The Morgan fingerprint density at radius 3 is 2.27 bits per heavy atom. The van der Waals surface area contributed by atoms with Gasteiger partial charge in [-0.2, -0.15) is 13.2 Å². The van der Waals surface area contributed by atoms with Crippen LogP contribution in [-0.2, 0) is 17.4 Å². The predicted octanol–water partition coefficient (Wildman–Crippen LogP) is 4.70. The molecule has 0 aliphatic carbocycles. The van der Waals surface area contributed by atoms with Crippen molar-refractivity contribution in [2.24, 2.45) is 0 Å². The van der Waals surface area contributed by atoms with Gasteiger partial charge in [-0.3, -0.25) is 9.78 Å². The van der Waals surface area contributed by atoms with Crippen LogP contribution >= 0.6 is 23.2 Å². The molecule has 22 heavy (non-hydrogen) atoms. The first-order valence-corrected chi connectivity index (χ1v) is 6.68. The zero-order valence-corrected chi connectivity index (χ0v) is 12.3. The van der Waals surface area contributed by atoms with Gasteiger partial charge in [0.25, 0.3) is 0 Å². The minimum absolute atomic E-state index is 0.00187. The molecular weight excluding hydrogens is 342 g/mol. The Morgan fingerprint density at radius 1 is 1.18 bits per heavy atom. The standard InChI is InChI=1S/C14H8Cl2F3NO2/c15-8-2-1-3-9(16)11(8)13-12(14(17,18)19)7(4-5-20-13)6-10(21)22/h1-5H,6H2,(H,21,22). The van der Waals surface area contributed by atoms with Gasteiger partial charge >= 0.3 is 12.1 Å². The van der Waals surface area contributed by atoms with E-state index in [1.807, 2.05) is 0 Å². The quantitative estimate of drug-likeness (QED) is 0.873. The predicted molar refractivity (Wildman–Crippen MR) is 76.0 cm³/mol. The van der Waals surface area contributed by atoms with Crippen LogP contribution in [0.25, 0.3) is 11.3 Å². The van der Waals surface area contributed by atoms with Crippen molar-refractivity contribution in [1.82, 2.24) is 4.98 Å². The molecular formula is C14H8Cl2F3NO2. The first-order valence-electron chi connectivity index (χ1n) is 5.93. The Balaban J connectivity index is 2.79. The summed E-state index contributed by atoms with van der Waals surface area (Å²) in [7, 11) is 0. The average Bonchev–Trinajstić information content (AvgIpc) is 2.36. The molecule has 1 N–H and O–H groups in total. The molecule has 0 amide bonds. The van der Waals surface area contributed by atoms with Gasteiger partial charge in [0, 0.05) is 11.8 Å². The molecule has 0 atom stereocenters. The second-order valence-corrected chi connectivity index (χ2v) is 5.17. The Kier molecular flexibility index (Phi) is 4.63. The molecule has 3 nitrogen and oxygen atoms in total. The minimum atomic E-state index is -4.79. The molecule has 116 valence electrons. The molecule has 2 rings (SSSR count). The van der Waals surface area contributed by atoms with E-state index in [0.29, 0.717) is 0 Å². The zero-order valence-electron chi connectivity index (χ0n) is 10.8. The van der Waals surface area contributed by atoms with Crippen LogP contribution in [0.5, 0.6) is 0 Å². The van der Waals surface area contributed by atoms with E-state index in [-0.39, 0.29) is 15.6 Å². The number of carbonyl (C=O) groups is 1. The molecule has 0 fully saturated rings. The summed E-state index contributed by atoms with van der Waals surface area (Å²) in [6.07, 6.45) is -4.48. The smallest absolute Gasteiger partial charge is 0.418 e. The van der Waals surface area contributed by atoms with Gasteiger partial charge in [-0.25, -0.2) is 0 Å². The summed E-state index contributed by atoms with van der Waals surface area (Å²) in [4.78, 5) is 14.5. The minimum Gasteiger partial charge on any atom is -0.481 e. The summed E-state index contributed by atoms with van der Waals surface area (Å²) in [5.74, 6) is -1.38. The maximum atomic E-state index is 13.4. The van der Waals surface area contributed by atoms with E-state index in [2.05, 4.69) is 4.98 Å². The molecule has 0 bridgehead atoms. The average molecular weight is 350 g/mol. The van der Waals surface area contributed by atoms with Crippen molar-refractivity contribution in [3.05, 3.63) is 51.6 Å². The molecule has 0 aliphatic heterocycles. The lowest BCUT2D eigenvalue weighted by molar-refractivity contribution is -0.139. The molecule has 0 aliphatic rings. The van der Waals surface area contributed by atoms with Crippen molar-refractivity contribution in [2.75, 3.05) is 0 Å². The number of pyridine rings is 1. The molecule has 0 unspecified atom stereocenters. The van der Waals surface area contributed by atoms with E-state index in [4.69, 9.17) is 28.3 Å². The van der Waals surface area contributed by atoms with Crippen LogP contribution in [0.1, 0.15) is 11.1 Å². The van der Waals surface area contributed by atoms with Gasteiger partial charge in [0.1, 0.15) is 0 Å². The van der Waals surface area contributed by atoms with Crippen LogP contribution in [0.4, 0.5) is 13.2 Å². The Bertz CT molecular complexity index is 712. The van der Waals surface area contributed by atoms with Gasteiger partial charge in [-0.05, 0) is 23.8 Å². The highest BCUT2D eigenvalue weighted by molar-refractivity contribution is 6.39. The highest BCUT2D eigenvalue weighted by atomic mass is 35.5. The third-order valence-electron chi connectivity index (χ3n) is 2.86. The maximum Gasteiger partial charge on any atom is 0.418 e. The van der Waals surface area contributed by atoms with Crippen molar-refractivity contribution in [3.8, 4) is 11.3 Å². The largest absolute Gasteiger partial charge is 0.481 e. The van der Waals surface area contributed by atoms with Crippen molar-refractivity contribution >= 4 is 29.2 Å². The van der Waals surface area contributed by atoms with Gasteiger partial charge in [0.2, 0.25) is 0 Å². The Labute approximate surface area is 133 Å². The number of halogens is 5. The summed E-state index contributed by atoms with van der Waals surface area (Å²) in [5.41, 5.74) is -2.11. The van der Waals surface area contributed by atoms with E-state index in [1.165, 1.54) is 18.2 Å². The molecule has 1 heterocycles. The highest BCUT2D eigenvalue weighted by Crippen LogP contribution is 2.42. The number of alkyl halides is 3. The number of carboxylic acids is 1. The molecule has 1 aromatic heterocycles. The lowest BCUT2D eigenvalue weighted by Gasteiger charge is -2.17. The van der Waals surface area contributed by atoms with E-state index in [0.717, 1.165) is 12.3 Å². The number of nitrogens with zero attached hydrogens (tertiary/aromatic N) is 1. The van der Waals surface area contributed by atoms with Crippen molar-refractivity contribution in [3.63, 3.8) is 0 Å². The number of carboxylic acid groups (broad SMARTS) is 1. The lowest BCUT2D eigenvalue weighted by Crippen LogP contribution is -2.15. The number of aromatic nitrogens is 1. The molecule has 0 saturated heterocycles. The van der Waals surface area contributed by atoms with Crippen LogP contribution in [0, 0.1) is 0 Å². The van der Waals surface area contributed by atoms with Gasteiger partial charge in [0.15, 0.2) is 0 Å². The SMILES string of the molecule is O=C(O)Cc1ccnc(-c2c(Cl)cccc2Cl)c1C(F)(F)F. The molecule has 0 radical (unpaired) electrons. The normalized spacial score (nSPS) is 11.5. The molecule has 2 aromatic rings. The number of rotatable bonds is 3. The first kappa shape index (κ1) is 16.6. The van der Waals surface area contributed by atoms with Crippen molar-refractivity contribution < 1.29 is 23.1 Å². The fourth-order valence-electron chi connectivity index (χ4n) is 2.04. The van der Waals surface area contributed by atoms with Crippen LogP contribution in [0.15, 0.2) is 30.5 Å². The van der Waals surface area contributed by atoms with E-state index in [9.17, 15) is 18.0 Å². The van der Waals surface area contributed by atoms with Crippen LogP contribution in [0.3, 0.4) is 0 Å². The lowest BCUT2D eigenvalue weighted by atomic mass is 9.98. The van der Waals surface area contributed by atoms with Crippen LogP contribution < -0.4 is 0 Å². The molecule has 1 aromatic carbocycles. The second-order valence-electron chi connectivity index (χ2n) is 4.36. The zero-order chi connectivity index (χ0) is 16.5. The molecule has 0 spiro atoms. The summed E-state index contributed by atoms with van der Waals surface area (Å²) >= 11 is 11.9. The summed E-state index contributed by atoms with van der Waals surface area (Å²) in [6.45, 7) is 0. The van der Waals surface area contributed by atoms with Gasteiger partial charge in [-0.1, -0.05) is 29.3 Å². The first-order chi connectivity index (χ1) is 10.2. The number of benzene rings is 1. The van der Waals surface area contributed by atoms with E-state index in [1.54, 1.807) is 0 Å². The number of aliphatic carboxylic acids is 1. The van der Waals surface area contributed by atoms with E-state index < -0.39 is 35.4 Å². The topological polar surface area (TPSA) is 50.2 Å². The van der Waals surface area contributed by atoms with E-state index >= 15 is 0 Å². The Hall–Kier alpha value is -1.79. The summed E-state index contributed by atoms with van der Waals surface area (Å²) < 4.78 is 40.2. The number of hydrogen-bond acceptors (Lipinski definition) is 2. The molecule has 8 heteroatoms. The summed E-state index contributed by atoms with van der Waals surface area (Å²) in [5, 5.41) is 8.78. The second kappa shape index (κ2) is 6.14. The summed E-state index contributed by atoms with van der Waals surface area (Å²) in [6, 6.07) is 5.27. The van der Waals surface area contributed by atoms with Gasteiger partial charge in [-0.15, -0.1) is 0 Å². The van der Waals surface area contributed by atoms with Crippen LogP contribution in [0.2, 0.25) is 10.0 Å². The third kappa shape index (κ3) is 3.34. The fraction of sp³-hybridized carbons (Fsp3) is 0.143. The monoisotopic (exact) mass is 349 g/mol. The van der Waals surface area contributed by atoms with Gasteiger partial charge in [0.05, 0.1) is 27.7 Å². The van der Waals surface area contributed by atoms with Crippen LogP contribution in [-0.4, -0.2) is 16.1 Å². The highest BCUT2D eigenvalue weighted by Gasteiger charge is 2.38. The Morgan fingerprint density at radius 2 is 1.77 bits per heavy atom. The van der Waals surface area contributed by atoms with Crippen molar-refractivity contribution in [2.45, 2.75) is 12.6 Å². The van der Waals surface area contributed by atoms with Gasteiger partial charge < -0.3 is 5.11 Å². The third-order valence-corrected chi connectivity index (χ3v) is 3.49. The number of hydrogen-bond donors (Lipinski definition) is 1. The fourth-order valence-corrected chi connectivity index (χ4v) is 2.62. The maximum absolute atomic E-state index is 13.4. The molecule has 0 saturated carbocycles.